The van der Waals surface area contributed by atoms with Crippen LogP contribution in [0, 0.1) is 6.92 Å². The van der Waals surface area contributed by atoms with Crippen LogP contribution in [0.4, 0.5) is 18.9 Å². The minimum Gasteiger partial charge on any atom is -0.324 e. The number of aryl methyl sites for hydroxylation is 1. The minimum absolute atomic E-state index is 0.113. The highest BCUT2D eigenvalue weighted by Gasteiger charge is 2.35. The SMILES string of the molecule is Cc1cnc(C(=O)C2=C(Cl)C=CC(N)C2)c(NS(=O)(=O)c2ccc(Cl)c(C(F)(F)F)c2)c1. The number of hydrogen-bond donors (Lipinski definition) is 2. The third-order valence-corrected chi connectivity index (χ3v) is 6.58. The van der Waals surface area contributed by atoms with Crippen molar-refractivity contribution in [3.8, 4) is 0 Å². The fraction of sp³-hybridized carbons (Fsp3) is 0.200. The van der Waals surface area contributed by atoms with Gasteiger partial charge in [-0.15, -0.1) is 0 Å². The Bertz CT molecular complexity index is 1260. The standard InChI is InChI=1S/C20H16Cl2F3N3O3S/c1-10-6-17(18(27-9-10)19(29)13-7-11(26)2-4-15(13)21)28-32(30,31)12-3-5-16(22)14(8-12)20(23,24)25/h2-6,8-9,11,28H,7,26H2,1H3. The summed E-state index contributed by atoms with van der Waals surface area (Å²) < 4.78 is 67.3. The molecule has 6 nitrogen and oxygen atoms in total. The molecule has 0 spiro atoms. The molecule has 32 heavy (non-hydrogen) atoms. The highest BCUT2D eigenvalue weighted by Crippen LogP contribution is 2.36. The number of Topliss-reactive ketones (excluding diaryl/α,β-unsaturated/α-hetero) is 1. The van der Waals surface area contributed by atoms with Gasteiger partial charge in [0.05, 0.1) is 21.2 Å². The largest absolute Gasteiger partial charge is 0.417 e. The molecule has 3 rings (SSSR count). The second-order valence-corrected chi connectivity index (χ2v) is 9.53. The number of hydrogen-bond acceptors (Lipinski definition) is 5. The van der Waals surface area contributed by atoms with E-state index in [2.05, 4.69) is 9.71 Å². The summed E-state index contributed by atoms with van der Waals surface area (Å²) in [6.45, 7) is 1.61. The Morgan fingerprint density at radius 1 is 1.25 bits per heavy atom. The number of nitrogens with one attached hydrogen (secondary N) is 1. The summed E-state index contributed by atoms with van der Waals surface area (Å²) in [6, 6.07) is 3.05. The van der Waals surface area contributed by atoms with Crippen LogP contribution in [0.5, 0.6) is 0 Å². The molecule has 0 aliphatic heterocycles. The molecule has 0 amide bonds. The Morgan fingerprint density at radius 3 is 2.59 bits per heavy atom. The van der Waals surface area contributed by atoms with Crippen LogP contribution in [0.15, 0.2) is 58.1 Å². The zero-order valence-electron chi connectivity index (χ0n) is 16.4. The Labute approximate surface area is 192 Å². The molecule has 0 bridgehead atoms. The highest BCUT2D eigenvalue weighted by molar-refractivity contribution is 7.92. The lowest BCUT2D eigenvalue weighted by molar-refractivity contribution is -0.137. The Balaban J connectivity index is 2.04. The number of aromatic nitrogens is 1. The molecule has 0 saturated heterocycles. The number of sulfonamides is 1. The Morgan fingerprint density at radius 2 is 1.94 bits per heavy atom. The van der Waals surface area contributed by atoms with Crippen LogP contribution >= 0.6 is 23.2 Å². The minimum atomic E-state index is -4.86. The maximum absolute atomic E-state index is 13.2. The van der Waals surface area contributed by atoms with Gasteiger partial charge in [-0.25, -0.2) is 8.42 Å². The number of benzene rings is 1. The number of carbonyl (C=O) groups excluding carboxylic acids is 1. The maximum atomic E-state index is 13.2. The number of halogens is 5. The lowest BCUT2D eigenvalue weighted by atomic mass is 9.95. The van der Waals surface area contributed by atoms with Crippen molar-refractivity contribution in [2.75, 3.05) is 4.72 Å². The molecular formula is C20H16Cl2F3N3O3S. The van der Waals surface area contributed by atoms with Crippen LogP contribution in [0.25, 0.3) is 0 Å². The van der Waals surface area contributed by atoms with Crippen molar-refractivity contribution < 1.29 is 26.4 Å². The first kappa shape index (κ1) is 24.2. The van der Waals surface area contributed by atoms with Gasteiger partial charge in [-0.1, -0.05) is 29.3 Å². The smallest absolute Gasteiger partial charge is 0.324 e. The summed E-state index contributed by atoms with van der Waals surface area (Å²) >= 11 is 11.7. The molecule has 1 aliphatic carbocycles. The van der Waals surface area contributed by atoms with Gasteiger partial charge in [0.25, 0.3) is 10.0 Å². The summed E-state index contributed by atoms with van der Waals surface area (Å²) in [4.78, 5) is 16.4. The van der Waals surface area contributed by atoms with Gasteiger partial charge in [0.15, 0.2) is 0 Å². The van der Waals surface area contributed by atoms with Crippen molar-refractivity contribution >= 4 is 44.7 Å². The van der Waals surface area contributed by atoms with E-state index in [0.717, 1.165) is 12.1 Å². The van der Waals surface area contributed by atoms with Crippen molar-refractivity contribution in [2.45, 2.75) is 30.5 Å². The summed E-state index contributed by atoms with van der Waals surface area (Å²) in [5.74, 6) is -0.653. The van der Waals surface area contributed by atoms with Crippen molar-refractivity contribution in [2.24, 2.45) is 5.73 Å². The van der Waals surface area contributed by atoms with Crippen molar-refractivity contribution in [1.29, 1.82) is 0 Å². The van der Waals surface area contributed by atoms with Gasteiger partial charge in [-0.3, -0.25) is 14.5 Å². The summed E-state index contributed by atoms with van der Waals surface area (Å²) in [6.07, 6.45) is -0.313. The van der Waals surface area contributed by atoms with Crippen LogP contribution in [0.3, 0.4) is 0 Å². The van der Waals surface area contributed by atoms with E-state index in [-0.39, 0.29) is 28.4 Å². The molecule has 1 aromatic carbocycles. The second kappa shape index (κ2) is 8.86. The van der Waals surface area contributed by atoms with E-state index in [0.29, 0.717) is 11.6 Å². The van der Waals surface area contributed by atoms with E-state index in [1.165, 1.54) is 18.3 Å². The maximum Gasteiger partial charge on any atom is 0.417 e. The molecule has 12 heteroatoms. The summed E-state index contributed by atoms with van der Waals surface area (Å²) in [5, 5.41) is -0.506. The van der Waals surface area contributed by atoms with Crippen LogP contribution in [0.1, 0.15) is 28.0 Å². The number of nitrogens with two attached hydrogens (primary N) is 1. The van der Waals surface area contributed by atoms with Crippen molar-refractivity contribution in [1.82, 2.24) is 4.98 Å². The number of allylic oxidation sites excluding steroid dienone is 2. The van der Waals surface area contributed by atoms with Gasteiger partial charge in [-0.05, 0) is 49.2 Å². The number of alkyl halides is 3. The first-order valence-corrected chi connectivity index (χ1v) is 11.3. The zero-order chi connectivity index (χ0) is 23.8. The average molecular weight is 506 g/mol. The molecular weight excluding hydrogens is 490 g/mol. The van der Waals surface area contributed by atoms with E-state index in [1.807, 2.05) is 0 Å². The van der Waals surface area contributed by atoms with E-state index >= 15 is 0 Å². The molecule has 1 heterocycles. The Hall–Kier alpha value is -2.40. The fourth-order valence-electron chi connectivity index (χ4n) is 2.97. The third kappa shape index (κ3) is 5.15. The molecule has 1 atom stereocenters. The normalized spacial score (nSPS) is 16.9. The van der Waals surface area contributed by atoms with E-state index in [4.69, 9.17) is 28.9 Å². The lowest BCUT2D eigenvalue weighted by Gasteiger charge is -2.18. The third-order valence-electron chi connectivity index (χ3n) is 4.53. The number of nitrogens with zero attached hydrogens (tertiary/aromatic N) is 1. The summed E-state index contributed by atoms with van der Waals surface area (Å²) in [7, 11) is -4.53. The van der Waals surface area contributed by atoms with Crippen molar-refractivity contribution in [3.05, 3.63) is 75.1 Å². The highest BCUT2D eigenvalue weighted by atomic mass is 35.5. The number of anilines is 1. The molecule has 2 aromatic rings. The van der Waals surface area contributed by atoms with Gasteiger partial charge in [0, 0.05) is 22.8 Å². The Kier molecular flexibility index (Phi) is 6.71. The fourth-order valence-corrected chi connectivity index (χ4v) is 4.52. The van der Waals surface area contributed by atoms with Gasteiger partial charge in [0.1, 0.15) is 5.69 Å². The number of ketones is 1. The van der Waals surface area contributed by atoms with Gasteiger partial charge < -0.3 is 5.73 Å². The van der Waals surface area contributed by atoms with Gasteiger partial charge in [0.2, 0.25) is 5.78 Å². The predicted octanol–water partition coefficient (Wildman–Crippen LogP) is 4.83. The quantitative estimate of drug-likeness (QED) is 0.566. The molecule has 1 aromatic heterocycles. The van der Waals surface area contributed by atoms with Crippen LogP contribution in [0.2, 0.25) is 5.02 Å². The first-order chi connectivity index (χ1) is 14.8. The van der Waals surface area contributed by atoms with E-state index in [9.17, 15) is 26.4 Å². The average Bonchev–Trinajstić information content (AvgIpc) is 2.68. The molecule has 1 unspecified atom stereocenters. The molecule has 3 N–H and O–H groups in total. The first-order valence-electron chi connectivity index (χ1n) is 9.03. The van der Waals surface area contributed by atoms with Crippen molar-refractivity contribution in [3.63, 3.8) is 0 Å². The number of rotatable bonds is 5. The molecule has 1 aliphatic rings. The zero-order valence-corrected chi connectivity index (χ0v) is 18.7. The molecule has 0 saturated carbocycles. The summed E-state index contributed by atoms with van der Waals surface area (Å²) in [5.41, 5.74) is 4.71. The number of carbonyl (C=O) groups is 1. The molecule has 170 valence electrons. The predicted molar refractivity (Wildman–Crippen MR) is 115 cm³/mol. The van der Waals surface area contributed by atoms with Gasteiger partial charge >= 0.3 is 6.18 Å². The van der Waals surface area contributed by atoms with Crippen LogP contribution in [-0.2, 0) is 16.2 Å². The molecule has 0 fully saturated rings. The molecule has 0 radical (unpaired) electrons. The van der Waals surface area contributed by atoms with Crippen LogP contribution < -0.4 is 10.5 Å². The topological polar surface area (TPSA) is 102 Å². The number of pyridine rings is 1. The monoisotopic (exact) mass is 505 g/mol. The van der Waals surface area contributed by atoms with Gasteiger partial charge in [-0.2, -0.15) is 13.2 Å². The van der Waals surface area contributed by atoms with E-state index in [1.54, 1.807) is 13.0 Å². The lowest BCUT2D eigenvalue weighted by Crippen LogP contribution is -2.24. The second-order valence-electron chi connectivity index (χ2n) is 7.04. The van der Waals surface area contributed by atoms with E-state index < -0.39 is 43.5 Å². The van der Waals surface area contributed by atoms with Crippen LogP contribution in [-0.4, -0.2) is 25.2 Å².